The number of piperidine rings is 1. The predicted molar refractivity (Wildman–Crippen MR) is 144 cm³/mol. The van der Waals surface area contributed by atoms with Gasteiger partial charge in [-0.2, -0.15) is 4.98 Å². The number of morpholine rings is 1. The van der Waals surface area contributed by atoms with Gasteiger partial charge in [0.2, 0.25) is 12.7 Å². The van der Waals surface area contributed by atoms with E-state index in [0.717, 1.165) is 98.6 Å². The third-order valence-electron chi connectivity index (χ3n) is 8.23. The molecular weight excluding hydrogens is 484 g/mol. The van der Waals surface area contributed by atoms with Gasteiger partial charge in [-0.05, 0) is 56.6 Å². The zero-order chi connectivity index (χ0) is 25.6. The second-order valence-corrected chi connectivity index (χ2v) is 10.7. The first kappa shape index (κ1) is 23.7. The molecule has 1 aromatic carbocycles. The largest absolute Gasteiger partial charge is 0.454 e. The molecule has 6 heterocycles. The maximum Gasteiger partial charge on any atom is 0.231 e. The Morgan fingerprint density at radius 3 is 2.32 bits per heavy atom. The number of hydrogen-bond acceptors (Lipinski definition) is 11. The van der Waals surface area contributed by atoms with E-state index in [-0.39, 0.29) is 6.79 Å². The Morgan fingerprint density at radius 2 is 1.55 bits per heavy atom. The molecule has 0 unspecified atom stereocenters. The van der Waals surface area contributed by atoms with E-state index in [1.165, 1.54) is 11.1 Å². The molecule has 2 saturated heterocycles. The van der Waals surface area contributed by atoms with Crippen LogP contribution in [0, 0.1) is 0 Å². The molecule has 0 amide bonds. The summed E-state index contributed by atoms with van der Waals surface area (Å²) in [6, 6.07) is 4.83. The number of rotatable bonds is 4. The van der Waals surface area contributed by atoms with Gasteiger partial charge in [-0.3, -0.25) is 0 Å². The molecule has 4 aliphatic heterocycles. The molecule has 0 spiro atoms. The van der Waals surface area contributed by atoms with Crippen molar-refractivity contribution in [3.8, 4) is 11.5 Å². The van der Waals surface area contributed by atoms with Gasteiger partial charge >= 0.3 is 0 Å². The maximum absolute atomic E-state index is 5.65. The Balaban J connectivity index is 1.27. The maximum atomic E-state index is 5.65. The van der Waals surface area contributed by atoms with E-state index in [4.69, 9.17) is 34.1 Å². The van der Waals surface area contributed by atoms with Crippen molar-refractivity contribution in [3.05, 3.63) is 29.6 Å². The molecule has 7 rings (SSSR count). The number of nitrogens with zero attached hydrogens (tertiary/aromatic N) is 8. The van der Waals surface area contributed by atoms with Crippen molar-refractivity contribution >= 4 is 28.6 Å². The number of anilines is 3. The summed E-state index contributed by atoms with van der Waals surface area (Å²) in [7, 11) is 4.33. The third kappa shape index (κ3) is 4.23. The number of hydrogen-bond donors (Lipinski definition) is 0. The van der Waals surface area contributed by atoms with Gasteiger partial charge in [-0.15, -0.1) is 0 Å². The molecule has 200 valence electrons. The molecule has 0 atom stereocenters. The van der Waals surface area contributed by atoms with Crippen LogP contribution in [0.1, 0.15) is 24.0 Å². The van der Waals surface area contributed by atoms with Gasteiger partial charge in [-0.1, -0.05) is 0 Å². The van der Waals surface area contributed by atoms with Crippen LogP contribution < -0.4 is 24.2 Å². The average molecular weight is 519 g/mol. The minimum Gasteiger partial charge on any atom is -0.454 e. The number of ether oxygens (including phenoxy) is 3. The molecule has 0 saturated carbocycles. The van der Waals surface area contributed by atoms with Crippen LogP contribution in [0.3, 0.4) is 0 Å². The summed E-state index contributed by atoms with van der Waals surface area (Å²) >= 11 is 0. The highest BCUT2D eigenvalue weighted by atomic mass is 16.7. The summed E-state index contributed by atoms with van der Waals surface area (Å²) in [4.78, 5) is 29.0. The normalized spacial score (nSPS) is 19.9. The lowest BCUT2D eigenvalue weighted by Crippen LogP contribution is -2.43. The zero-order valence-corrected chi connectivity index (χ0v) is 22.1. The second-order valence-electron chi connectivity index (χ2n) is 10.7. The number of fused-ring (bicyclic) bond motifs is 3. The fraction of sp³-hybridized carbons (Fsp3) is 0.556. The molecule has 2 fully saturated rings. The van der Waals surface area contributed by atoms with E-state index in [1.54, 1.807) is 6.33 Å². The summed E-state index contributed by atoms with van der Waals surface area (Å²) < 4.78 is 16.9. The van der Waals surface area contributed by atoms with Crippen LogP contribution in [0.25, 0.3) is 11.0 Å². The van der Waals surface area contributed by atoms with E-state index in [2.05, 4.69) is 45.8 Å². The predicted octanol–water partition coefficient (Wildman–Crippen LogP) is 2.08. The Morgan fingerprint density at radius 1 is 0.789 bits per heavy atom. The standard InChI is InChI=1S/C27H34N8O3/c1-32(2)20-4-7-34(8-5-20)27-30-24-23(26(31-27)33-9-11-36-12-10-33)28-16-29-25(24)35-6-3-18-13-21-22(38-17-37-21)14-19(18)15-35/h13-14,16,20H,3-12,15,17H2,1-2H3. The first-order chi connectivity index (χ1) is 18.6. The van der Waals surface area contributed by atoms with E-state index in [1.807, 2.05) is 0 Å². The van der Waals surface area contributed by atoms with Crippen molar-refractivity contribution in [2.75, 3.05) is 81.5 Å². The fourth-order valence-electron chi connectivity index (χ4n) is 5.99. The Labute approximate surface area is 222 Å². The van der Waals surface area contributed by atoms with Gasteiger partial charge in [0.05, 0.1) is 13.2 Å². The highest BCUT2D eigenvalue weighted by molar-refractivity contribution is 5.94. The molecule has 11 nitrogen and oxygen atoms in total. The van der Waals surface area contributed by atoms with Gasteiger partial charge < -0.3 is 33.8 Å². The highest BCUT2D eigenvalue weighted by Crippen LogP contribution is 2.38. The van der Waals surface area contributed by atoms with E-state index in [0.29, 0.717) is 19.3 Å². The third-order valence-corrected chi connectivity index (χ3v) is 8.23. The van der Waals surface area contributed by atoms with Gasteiger partial charge in [0, 0.05) is 45.3 Å². The minimum atomic E-state index is 0.286. The molecule has 11 heteroatoms. The summed E-state index contributed by atoms with van der Waals surface area (Å²) in [6.45, 7) is 6.69. The van der Waals surface area contributed by atoms with Crippen LogP contribution in [0.5, 0.6) is 11.5 Å². The van der Waals surface area contributed by atoms with Crippen LogP contribution in [-0.4, -0.2) is 97.7 Å². The van der Waals surface area contributed by atoms with Gasteiger partial charge in [-0.25, -0.2) is 15.0 Å². The molecule has 0 bridgehead atoms. The molecule has 0 N–H and O–H groups in total. The topological polar surface area (TPSA) is 92.2 Å². The molecule has 0 aliphatic carbocycles. The molecule has 3 aromatic rings. The molecular formula is C27H34N8O3. The van der Waals surface area contributed by atoms with Gasteiger partial charge in [0.15, 0.2) is 23.1 Å². The van der Waals surface area contributed by atoms with Crippen molar-refractivity contribution in [2.45, 2.75) is 31.8 Å². The first-order valence-electron chi connectivity index (χ1n) is 13.6. The average Bonchev–Trinajstić information content (AvgIpc) is 3.42. The second kappa shape index (κ2) is 9.70. The fourth-order valence-corrected chi connectivity index (χ4v) is 5.99. The Hall–Kier alpha value is -3.44. The lowest BCUT2D eigenvalue weighted by molar-refractivity contribution is 0.122. The lowest BCUT2D eigenvalue weighted by Gasteiger charge is -2.36. The van der Waals surface area contributed by atoms with Gasteiger partial charge in [0.25, 0.3) is 0 Å². The highest BCUT2D eigenvalue weighted by Gasteiger charge is 2.29. The van der Waals surface area contributed by atoms with Crippen molar-refractivity contribution in [1.29, 1.82) is 0 Å². The SMILES string of the molecule is CN(C)C1CCN(c2nc(N3CCOCC3)c3ncnc(N4CCc5cc6c(cc5C4)OCO6)c3n2)CC1. The first-order valence-corrected chi connectivity index (χ1v) is 13.6. The van der Waals surface area contributed by atoms with Crippen molar-refractivity contribution in [1.82, 2.24) is 24.8 Å². The lowest BCUT2D eigenvalue weighted by atomic mass is 9.99. The van der Waals surface area contributed by atoms with Crippen LogP contribution in [0.2, 0.25) is 0 Å². The van der Waals surface area contributed by atoms with E-state index >= 15 is 0 Å². The summed E-state index contributed by atoms with van der Waals surface area (Å²) in [5.41, 5.74) is 4.16. The van der Waals surface area contributed by atoms with Crippen LogP contribution in [0.4, 0.5) is 17.6 Å². The Kier molecular flexibility index (Phi) is 6.04. The molecule has 38 heavy (non-hydrogen) atoms. The summed E-state index contributed by atoms with van der Waals surface area (Å²) in [5, 5.41) is 0. The number of benzene rings is 1. The smallest absolute Gasteiger partial charge is 0.231 e. The minimum absolute atomic E-state index is 0.286. The molecule has 0 radical (unpaired) electrons. The number of aromatic nitrogens is 4. The quantitative estimate of drug-likeness (QED) is 0.508. The monoisotopic (exact) mass is 518 g/mol. The molecule has 4 aliphatic rings. The zero-order valence-electron chi connectivity index (χ0n) is 22.1. The van der Waals surface area contributed by atoms with Gasteiger partial charge in [0.1, 0.15) is 17.4 Å². The summed E-state index contributed by atoms with van der Waals surface area (Å²) in [5.74, 6) is 4.17. The Bertz CT molecular complexity index is 1340. The van der Waals surface area contributed by atoms with Crippen molar-refractivity contribution in [2.24, 2.45) is 0 Å². The van der Waals surface area contributed by atoms with Crippen molar-refractivity contribution < 1.29 is 14.2 Å². The summed E-state index contributed by atoms with van der Waals surface area (Å²) in [6.07, 6.45) is 4.75. The van der Waals surface area contributed by atoms with Crippen molar-refractivity contribution in [3.63, 3.8) is 0 Å². The van der Waals surface area contributed by atoms with Crippen LogP contribution in [0.15, 0.2) is 18.5 Å². The van der Waals surface area contributed by atoms with E-state index in [9.17, 15) is 0 Å². The molecule has 2 aromatic heterocycles. The van der Waals surface area contributed by atoms with E-state index < -0.39 is 0 Å². The van der Waals surface area contributed by atoms with Crippen LogP contribution in [-0.2, 0) is 17.7 Å². The van der Waals surface area contributed by atoms with Crippen LogP contribution >= 0.6 is 0 Å².